The number of aliphatic carboxylic acids is 1. The second-order valence-electron chi connectivity index (χ2n) is 11.0. The van der Waals surface area contributed by atoms with Crippen LogP contribution in [0.2, 0.25) is 0 Å². The van der Waals surface area contributed by atoms with Crippen LogP contribution < -0.4 is 10.6 Å². The smallest absolute Gasteiger partial charge is 0.331 e. The minimum atomic E-state index is -1.02. The summed E-state index contributed by atoms with van der Waals surface area (Å²) in [6.45, 7) is 13.3. The van der Waals surface area contributed by atoms with Crippen molar-refractivity contribution in [2.75, 3.05) is 14.1 Å². The van der Waals surface area contributed by atoms with Gasteiger partial charge in [0.05, 0.1) is 12.1 Å². The van der Waals surface area contributed by atoms with E-state index in [2.05, 4.69) is 27.8 Å². The molecular formula is C28H44N4O4. The van der Waals surface area contributed by atoms with Crippen LogP contribution in [0.25, 0.3) is 6.08 Å². The standard InChI is InChI=1S/C28H44N4O4/c1-16(2)22(14-18(5)27(35)36)32(9)26(34)23(17(3)4)31-25(33)24(29-8)28(6,7)20-15-30-21-13-11-10-12-19(20)21/h10,12,14-17,22-24,29-30H,11,13H2,1-9H3,(H,31,33)(H,35,36)/b18-14+/t22-,23+,24-/m1/s1. The normalized spacial score (nSPS) is 16.5. The highest BCUT2D eigenvalue weighted by Gasteiger charge is 2.40. The van der Waals surface area contributed by atoms with Crippen molar-refractivity contribution in [3.05, 3.63) is 40.7 Å². The Balaban J connectivity index is 2.31. The van der Waals surface area contributed by atoms with Gasteiger partial charge in [-0.25, -0.2) is 4.79 Å². The number of hydrogen-bond acceptors (Lipinski definition) is 4. The zero-order valence-corrected chi connectivity index (χ0v) is 23.2. The summed E-state index contributed by atoms with van der Waals surface area (Å²) in [5, 5.41) is 15.5. The molecule has 0 fully saturated rings. The predicted molar refractivity (Wildman–Crippen MR) is 144 cm³/mol. The number of nitrogens with zero attached hydrogens (tertiary/aromatic N) is 1. The van der Waals surface area contributed by atoms with E-state index in [9.17, 15) is 19.5 Å². The summed E-state index contributed by atoms with van der Waals surface area (Å²) in [6, 6.07) is -1.75. The molecule has 2 rings (SSSR count). The van der Waals surface area contributed by atoms with Crippen molar-refractivity contribution >= 4 is 23.9 Å². The van der Waals surface area contributed by atoms with Gasteiger partial charge in [-0.2, -0.15) is 0 Å². The van der Waals surface area contributed by atoms with Gasteiger partial charge in [-0.15, -0.1) is 0 Å². The van der Waals surface area contributed by atoms with Crippen molar-refractivity contribution in [1.29, 1.82) is 0 Å². The number of nitrogens with one attached hydrogen (secondary N) is 3. The number of likely N-dealkylation sites (N-methyl/N-ethyl adjacent to an activating group) is 2. The van der Waals surface area contributed by atoms with Gasteiger partial charge in [-0.3, -0.25) is 9.59 Å². The molecule has 8 heteroatoms. The highest BCUT2D eigenvalue weighted by molar-refractivity contribution is 5.91. The average Bonchev–Trinajstić information content (AvgIpc) is 3.24. The van der Waals surface area contributed by atoms with Gasteiger partial charge in [0.25, 0.3) is 0 Å². The van der Waals surface area contributed by atoms with Crippen LogP contribution in [0.15, 0.2) is 23.9 Å². The molecule has 2 amide bonds. The Bertz CT molecular complexity index is 1020. The molecule has 1 aliphatic rings. The van der Waals surface area contributed by atoms with Crippen LogP contribution in [-0.2, 0) is 26.2 Å². The number of carbonyl (C=O) groups excluding carboxylic acids is 2. The first kappa shape index (κ1) is 29.4. The van der Waals surface area contributed by atoms with E-state index >= 15 is 0 Å². The largest absolute Gasteiger partial charge is 0.478 e. The molecule has 200 valence electrons. The van der Waals surface area contributed by atoms with Crippen LogP contribution in [0, 0.1) is 11.8 Å². The lowest BCUT2D eigenvalue weighted by molar-refractivity contribution is -0.139. The first-order valence-electron chi connectivity index (χ1n) is 12.8. The van der Waals surface area contributed by atoms with Crippen LogP contribution >= 0.6 is 0 Å². The number of amides is 2. The van der Waals surface area contributed by atoms with Gasteiger partial charge in [0, 0.05) is 29.9 Å². The maximum Gasteiger partial charge on any atom is 0.331 e. The van der Waals surface area contributed by atoms with Crippen LogP contribution in [0.1, 0.15) is 71.7 Å². The summed E-state index contributed by atoms with van der Waals surface area (Å²) in [7, 11) is 3.42. The molecule has 1 heterocycles. The number of allylic oxidation sites excluding steroid dienone is 1. The number of aromatic amines is 1. The second kappa shape index (κ2) is 11.9. The molecule has 0 bridgehead atoms. The fourth-order valence-corrected chi connectivity index (χ4v) is 5.01. The van der Waals surface area contributed by atoms with Crippen molar-refractivity contribution in [3.63, 3.8) is 0 Å². The molecule has 0 aromatic carbocycles. The van der Waals surface area contributed by atoms with Gasteiger partial charge in [0.15, 0.2) is 0 Å². The predicted octanol–water partition coefficient (Wildman–Crippen LogP) is 3.49. The summed E-state index contributed by atoms with van der Waals surface area (Å²) >= 11 is 0. The fraction of sp³-hybridized carbons (Fsp3) is 0.607. The Morgan fingerprint density at radius 3 is 2.33 bits per heavy atom. The second-order valence-corrected chi connectivity index (χ2v) is 11.0. The van der Waals surface area contributed by atoms with Crippen LogP contribution in [-0.4, -0.2) is 65.0 Å². The zero-order valence-electron chi connectivity index (χ0n) is 23.2. The number of carbonyl (C=O) groups is 3. The van der Waals surface area contributed by atoms with E-state index in [1.807, 2.05) is 47.7 Å². The van der Waals surface area contributed by atoms with Gasteiger partial charge in [0.2, 0.25) is 11.8 Å². The number of hydrogen-bond donors (Lipinski definition) is 4. The summed E-state index contributed by atoms with van der Waals surface area (Å²) in [4.78, 5) is 43.5. The molecule has 4 N–H and O–H groups in total. The molecule has 0 saturated heterocycles. The third-order valence-corrected chi connectivity index (χ3v) is 7.28. The van der Waals surface area contributed by atoms with E-state index < -0.39 is 29.5 Å². The zero-order chi connectivity index (χ0) is 27.4. The number of H-pyrrole nitrogens is 1. The molecule has 36 heavy (non-hydrogen) atoms. The molecule has 0 spiro atoms. The van der Waals surface area contributed by atoms with Gasteiger partial charge < -0.3 is 25.6 Å². The molecule has 0 radical (unpaired) electrons. The molecular weight excluding hydrogens is 456 g/mol. The third kappa shape index (κ3) is 6.27. The first-order valence-corrected chi connectivity index (χ1v) is 12.8. The third-order valence-electron chi connectivity index (χ3n) is 7.28. The minimum absolute atomic E-state index is 0.00595. The van der Waals surface area contributed by atoms with E-state index in [1.54, 1.807) is 25.1 Å². The first-order chi connectivity index (χ1) is 16.7. The summed E-state index contributed by atoms with van der Waals surface area (Å²) in [5.74, 6) is -1.69. The molecule has 0 aliphatic heterocycles. The quantitative estimate of drug-likeness (QED) is 0.347. The summed E-state index contributed by atoms with van der Waals surface area (Å²) in [5.41, 5.74) is 3.00. The van der Waals surface area contributed by atoms with Crippen molar-refractivity contribution < 1.29 is 19.5 Å². The van der Waals surface area contributed by atoms with Crippen LogP contribution in [0.3, 0.4) is 0 Å². The SMILES string of the molecule is CN[C@H](C(=O)N[C@H](C(=O)N(C)[C@H](/C=C(\C)C(=O)O)C(C)C)C(C)C)C(C)(C)c1c[nH]c2c1C=CCC2. The number of carboxylic acids is 1. The summed E-state index contributed by atoms with van der Waals surface area (Å²) in [6.07, 6.45) is 9.80. The Morgan fingerprint density at radius 2 is 1.81 bits per heavy atom. The van der Waals surface area contributed by atoms with E-state index in [4.69, 9.17) is 0 Å². The van der Waals surface area contributed by atoms with Crippen LogP contribution in [0.5, 0.6) is 0 Å². The Labute approximate surface area is 215 Å². The van der Waals surface area contributed by atoms with Gasteiger partial charge in [-0.05, 0) is 49.8 Å². The molecule has 0 unspecified atom stereocenters. The molecule has 3 atom stereocenters. The number of aryl methyl sites for hydroxylation is 1. The minimum Gasteiger partial charge on any atom is -0.478 e. The maximum atomic E-state index is 13.6. The van der Waals surface area contributed by atoms with Crippen LogP contribution in [0.4, 0.5) is 0 Å². The monoisotopic (exact) mass is 500 g/mol. The highest BCUT2D eigenvalue weighted by atomic mass is 16.4. The van der Waals surface area contributed by atoms with Gasteiger partial charge in [0.1, 0.15) is 6.04 Å². The molecule has 1 aliphatic carbocycles. The van der Waals surface area contributed by atoms with Crippen molar-refractivity contribution in [2.45, 2.75) is 84.8 Å². The topological polar surface area (TPSA) is 115 Å². The van der Waals surface area contributed by atoms with Crippen molar-refractivity contribution in [1.82, 2.24) is 20.5 Å². The average molecular weight is 501 g/mol. The Kier molecular flexibility index (Phi) is 9.71. The molecule has 8 nitrogen and oxygen atoms in total. The van der Waals surface area contributed by atoms with E-state index in [-0.39, 0.29) is 29.2 Å². The van der Waals surface area contributed by atoms with E-state index in [1.165, 1.54) is 12.6 Å². The van der Waals surface area contributed by atoms with Crippen molar-refractivity contribution in [2.24, 2.45) is 11.8 Å². The lowest BCUT2D eigenvalue weighted by Gasteiger charge is -2.37. The molecule has 1 aromatic rings. The molecule has 1 aromatic heterocycles. The van der Waals surface area contributed by atoms with Crippen molar-refractivity contribution in [3.8, 4) is 0 Å². The number of aromatic nitrogens is 1. The highest BCUT2D eigenvalue weighted by Crippen LogP contribution is 2.34. The fourth-order valence-electron chi connectivity index (χ4n) is 5.01. The Morgan fingerprint density at radius 1 is 1.17 bits per heavy atom. The summed E-state index contributed by atoms with van der Waals surface area (Å²) < 4.78 is 0. The lowest BCUT2D eigenvalue weighted by atomic mass is 9.75. The number of rotatable bonds is 11. The van der Waals surface area contributed by atoms with Gasteiger partial charge in [-0.1, -0.05) is 59.8 Å². The maximum absolute atomic E-state index is 13.6. The van der Waals surface area contributed by atoms with E-state index in [0.29, 0.717) is 0 Å². The number of carboxylic acid groups (broad SMARTS) is 1. The lowest BCUT2D eigenvalue weighted by Crippen LogP contribution is -2.60. The molecule has 0 saturated carbocycles. The Hall–Kier alpha value is -2.87. The number of fused-ring (bicyclic) bond motifs is 1. The van der Waals surface area contributed by atoms with Gasteiger partial charge >= 0.3 is 5.97 Å². The van der Waals surface area contributed by atoms with E-state index in [0.717, 1.165) is 24.0 Å².